The Hall–Kier alpha value is -0.0800. The molecule has 0 aromatic heterocycles. The summed E-state index contributed by atoms with van der Waals surface area (Å²) in [6.45, 7) is 7.06. The first-order valence-corrected chi connectivity index (χ1v) is 7.70. The molecule has 1 heterocycles. The van der Waals surface area contributed by atoms with Crippen LogP contribution in [0.3, 0.4) is 0 Å². The van der Waals surface area contributed by atoms with Gasteiger partial charge >= 0.3 is 0 Å². The summed E-state index contributed by atoms with van der Waals surface area (Å²) in [5, 5.41) is 0. The lowest BCUT2D eigenvalue weighted by molar-refractivity contribution is 0.0379. The maximum Gasteiger partial charge on any atom is 0.0138 e. The van der Waals surface area contributed by atoms with Gasteiger partial charge in [0.15, 0.2) is 0 Å². The molecule has 2 rings (SSSR count). The zero-order chi connectivity index (χ0) is 12.3. The second-order valence-corrected chi connectivity index (χ2v) is 6.30. The number of hydrogen-bond donors (Lipinski definition) is 1. The SMILES string of the molecule is CC1CCCN(C2CCCCCC2CN)C1C. The molecule has 0 amide bonds. The van der Waals surface area contributed by atoms with Crippen molar-refractivity contribution in [3.8, 4) is 0 Å². The van der Waals surface area contributed by atoms with Gasteiger partial charge in [0.2, 0.25) is 0 Å². The van der Waals surface area contributed by atoms with Gasteiger partial charge in [0, 0.05) is 12.1 Å². The molecule has 2 N–H and O–H groups in total. The van der Waals surface area contributed by atoms with Crippen molar-refractivity contribution in [3.05, 3.63) is 0 Å². The Labute approximate surface area is 107 Å². The van der Waals surface area contributed by atoms with Crippen molar-refractivity contribution in [2.75, 3.05) is 13.1 Å². The van der Waals surface area contributed by atoms with Gasteiger partial charge in [-0.25, -0.2) is 0 Å². The minimum absolute atomic E-state index is 0.755. The van der Waals surface area contributed by atoms with E-state index in [2.05, 4.69) is 18.7 Å². The molecular weight excluding hydrogens is 208 g/mol. The van der Waals surface area contributed by atoms with E-state index in [1.807, 2.05) is 0 Å². The lowest BCUT2D eigenvalue weighted by atomic mass is 9.86. The Balaban J connectivity index is 2.06. The molecule has 2 aliphatic rings. The second-order valence-electron chi connectivity index (χ2n) is 6.30. The summed E-state index contributed by atoms with van der Waals surface area (Å²) in [6.07, 6.45) is 9.79. The summed E-state index contributed by atoms with van der Waals surface area (Å²) in [5.41, 5.74) is 6.02. The molecule has 0 bridgehead atoms. The number of piperidine rings is 1. The summed E-state index contributed by atoms with van der Waals surface area (Å²) < 4.78 is 0. The van der Waals surface area contributed by atoms with Crippen LogP contribution in [0.15, 0.2) is 0 Å². The zero-order valence-electron chi connectivity index (χ0n) is 11.7. The van der Waals surface area contributed by atoms with E-state index in [-0.39, 0.29) is 0 Å². The van der Waals surface area contributed by atoms with Crippen molar-refractivity contribution in [2.45, 2.75) is 70.9 Å². The van der Waals surface area contributed by atoms with Gasteiger partial charge in [-0.3, -0.25) is 4.90 Å². The fraction of sp³-hybridized carbons (Fsp3) is 1.00. The van der Waals surface area contributed by atoms with Crippen molar-refractivity contribution in [1.29, 1.82) is 0 Å². The van der Waals surface area contributed by atoms with Crippen LogP contribution in [-0.2, 0) is 0 Å². The predicted octanol–water partition coefficient (Wildman–Crippen LogP) is 3.01. The third-order valence-corrected chi connectivity index (χ3v) is 5.27. The van der Waals surface area contributed by atoms with E-state index in [0.717, 1.165) is 30.5 Å². The van der Waals surface area contributed by atoms with Gasteiger partial charge in [-0.2, -0.15) is 0 Å². The summed E-state index contributed by atoms with van der Waals surface area (Å²) >= 11 is 0. The molecule has 4 unspecified atom stereocenters. The molecule has 1 saturated carbocycles. The van der Waals surface area contributed by atoms with E-state index in [4.69, 9.17) is 5.73 Å². The van der Waals surface area contributed by atoms with E-state index < -0.39 is 0 Å². The van der Waals surface area contributed by atoms with E-state index in [1.54, 1.807) is 0 Å². The van der Waals surface area contributed by atoms with Crippen LogP contribution in [0.2, 0.25) is 0 Å². The smallest absolute Gasteiger partial charge is 0.0138 e. The van der Waals surface area contributed by atoms with Gasteiger partial charge in [-0.1, -0.05) is 26.2 Å². The van der Waals surface area contributed by atoms with Gasteiger partial charge in [0.25, 0.3) is 0 Å². The molecule has 1 saturated heterocycles. The number of hydrogen-bond acceptors (Lipinski definition) is 2. The highest BCUT2D eigenvalue weighted by Gasteiger charge is 2.34. The highest BCUT2D eigenvalue weighted by Crippen LogP contribution is 2.33. The van der Waals surface area contributed by atoms with Crippen molar-refractivity contribution >= 4 is 0 Å². The molecule has 4 atom stereocenters. The molecule has 2 fully saturated rings. The Bertz CT molecular complexity index is 229. The minimum atomic E-state index is 0.755. The van der Waals surface area contributed by atoms with E-state index in [1.165, 1.54) is 51.5 Å². The van der Waals surface area contributed by atoms with Crippen molar-refractivity contribution in [1.82, 2.24) is 4.90 Å². The van der Waals surface area contributed by atoms with Crippen LogP contribution in [0, 0.1) is 11.8 Å². The standard InChI is InChI=1S/C15H30N2/c1-12-7-6-10-17(13(12)2)15-9-5-3-4-8-14(15)11-16/h12-15H,3-11,16H2,1-2H3. The quantitative estimate of drug-likeness (QED) is 0.749. The number of nitrogens with two attached hydrogens (primary N) is 1. The monoisotopic (exact) mass is 238 g/mol. The number of likely N-dealkylation sites (tertiary alicyclic amines) is 1. The molecule has 1 aliphatic carbocycles. The Morgan fingerprint density at radius 1 is 1.00 bits per heavy atom. The average Bonchev–Trinajstić information content (AvgIpc) is 2.57. The molecule has 100 valence electrons. The highest BCUT2D eigenvalue weighted by atomic mass is 15.2. The lowest BCUT2D eigenvalue weighted by Crippen LogP contribution is -2.52. The Morgan fingerprint density at radius 2 is 1.76 bits per heavy atom. The molecule has 0 radical (unpaired) electrons. The van der Waals surface area contributed by atoms with E-state index in [9.17, 15) is 0 Å². The van der Waals surface area contributed by atoms with Crippen LogP contribution in [0.25, 0.3) is 0 Å². The van der Waals surface area contributed by atoms with Crippen LogP contribution in [0.4, 0.5) is 0 Å². The Kier molecular flexibility index (Phi) is 4.87. The predicted molar refractivity (Wildman–Crippen MR) is 74.0 cm³/mol. The summed E-state index contributed by atoms with van der Waals surface area (Å²) in [5.74, 6) is 1.62. The molecule has 17 heavy (non-hydrogen) atoms. The fourth-order valence-corrected chi connectivity index (χ4v) is 3.91. The zero-order valence-corrected chi connectivity index (χ0v) is 11.7. The third kappa shape index (κ3) is 3.03. The van der Waals surface area contributed by atoms with E-state index in [0.29, 0.717) is 0 Å². The van der Waals surface area contributed by atoms with E-state index >= 15 is 0 Å². The largest absolute Gasteiger partial charge is 0.330 e. The fourth-order valence-electron chi connectivity index (χ4n) is 3.91. The maximum absolute atomic E-state index is 6.02. The summed E-state index contributed by atoms with van der Waals surface area (Å²) in [7, 11) is 0. The Morgan fingerprint density at radius 3 is 2.53 bits per heavy atom. The first-order valence-electron chi connectivity index (χ1n) is 7.70. The average molecular weight is 238 g/mol. The van der Waals surface area contributed by atoms with Gasteiger partial charge in [0.05, 0.1) is 0 Å². The number of nitrogens with zero attached hydrogens (tertiary/aromatic N) is 1. The normalized spacial score (nSPS) is 41.1. The van der Waals surface area contributed by atoms with Crippen LogP contribution in [0.5, 0.6) is 0 Å². The van der Waals surface area contributed by atoms with Crippen molar-refractivity contribution in [3.63, 3.8) is 0 Å². The second kappa shape index (κ2) is 6.19. The topological polar surface area (TPSA) is 29.3 Å². The van der Waals surface area contributed by atoms with Crippen molar-refractivity contribution in [2.24, 2.45) is 17.6 Å². The highest BCUT2D eigenvalue weighted by molar-refractivity contribution is 4.89. The number of rotatable bonds is 2. The van der Waals surface area contributed by atoms with Crippen LogP contribution < -0.4 is 5.73 Å². The van der Waals surface area contributed by atoms with Crippen LogP contribution >= 0.6 is 0 Å². The first kappa shape index (κ1) is 13.4. The molecule has 0 spiro atoms. The third-order valence-electron chi connectivity index (χ3n) is 5.27. The molecular formula is C15H30N2. The van der Waals surface area contributed by atoms with Crippen LogP contribution in [0.1, 0.15) is 58.8 Å². The molecule has 2 nitrogen and oxygen atoms in total. The van der Waals surface area contributed by atoms with Gasteiger partial charge < -0.3 is 5.73 Å². The van der Waals surface area contributed by atoms with Crippen LogP contribution in [-0.4, -0.2) is 30.1 Å². The van der Waals surface area contributed by atoms with Crippen molar-refractivity contribution < 1.29 is 0 Å². The first-order chi connectivity index (χ1) is 8.24. The van der Waals surface area contributed by atoms with Gasteiger partial charge in [0.1, 0.15) is 0 Å². The maximum atomic E-state index is 6.02. The summed E-state index contributed by atoms with van der Waals surface area (Å²) in [4.78, 5) is 2.80. The summed E-state index contributed by atoms with van der Waals surface area (Å²) in [6, 6.07) is 1.54. The molecule has 0 aromatic rings. The van der Waals surface area contributed by atoms with Gasteiger partial charge in [-0.05, 0) is 57.5 Å². The lowest BCUT2D eigenvalue weighted by Gasteiger charge is -2.45. The minimum Gasteiger partial charge on any atom is -0.330 e. The molecule has 2 heteroatoms. The molecule has 1 aliphatic heterocycles. The molecule has 0 aromatic carbocycles. The van der Waals surface area contributed by atoms with Gasteiger partial charge in [-0.15, -0.1) is 0 Å².